The van der Waals surface area contributed by atoms with Crippen LogP contribution in [0.2, 0.25) is 0 Å². The quantitative estimate of drug-likeness (QED) is 0.754. The molecule has 0 saturated heterocycles. The van der Waals surface area contributed by atoms with Gasteiger partial charge in [0.05, 0.1) is 18.2 Å². The van der Waals surface area contributed by atoms with E-state index in [2.05, 4.69) is 18.9 Å². The standard InChI is InChI=1S/C18H28N2O/c1-3-17(4-2)20-8-7-16(19-20)12-18(21)11-15-10-13-5-6-14(15)9-13/h7-8,13-15,17H,3-6,9-12H2,1-2H3. The van der Waals surface area contributed by atoms with Crippen LogP contribution in [0.3, 0.4) is 0 Å². The predicted molar refractivity (Wildman–Crippen MR) is 84.1 cm³/mol. The summed E-state index contributed by atoms with van der Waals surface area (Å²) in [6.45, 7) is 4.38. The first-order valence-electron chi connectivity index (χ1n) is 8.75. The Morgan fingerprint density at radius 3 is 2.76 bits per heavy atom. The van der Waals surface area contributed by atoms with Crippen LogP contribution in [0, 0.1) is 17.8 Å². The molecule has 1 heterocycles. The Bertz CT molecular complexity index is 489. The predicted octanol–water partition coefficient (Wildman–Crippen LogP) is 4.18. The molecular weight excluding hydrogens is 260 g/mol. The Morgan fingerprint density at radius 1 is 1.33 bits per heavy atom. The van der Waals surface area contributed by atoms with Gasteiger partial charge in [-0.15, -0.1) is 0 Å². The van der Waals surface area contributed by atoms with Gasteiger partial charge in [0.1, 0.15) is 5.78 Å². The molecule has 0 amide bonds. The van der Waals surface area contributed by atoms with E-state index in [1.807, 2.05) is 16.9 Å². The third kappa shape index (κ3) is 3.22. The van der Waals surface area contributed by atoms with Crippen molar-refractivity contribution in [1.29, 1.82) is 0 Å². The van der Waals surface area contributed by atoms with Crippen LogP contribution in [0.5, 0.6) is 0 Å². The maximum Gasteiger partial charge on any atom is 0.139 e. The molecule has 116 valence electrons. The summed E-state index contributed by atoms with van der Waals surface area (Å²) >= 11 is 0. The highest BCUT2D eigenvalue weighted by molar-refractivity contribution is 5.80. The first-order chi connectivity index (χ1) is 10.2. The number of ketones is 1. The van der Waals surface area contributed by atoms with Gasteiger partial charge in [0.15, 0.2) is 0 Å². The van der Waals surface area contributed by atoms with Crippen LogP contribution >= 0.6 is 0 Å². The van der Waals surface area contributed by atoms with Crippen molar-refractivity contribution in [3.05, 3.63) is 18.0 Å². The van der Waals surface area contributed by atoms with Crippen LogP contribution in [-0.4, -0.2) is 15.6 Å². The number of aromatic nitrogens is 2. The number of hydrogen-bond donors (Lipinski definition) is 0. The first kappa shape index (κ1) is 14.8. The van der Waals surface area contributed by atoms with Crippen LogP contribution in [-0.2, 0) is 11.2 Å². The van der Waals surface area contributed by atoms with Gasteiger partial charge in [-0.05, 0) is 55.9 Å². The molecule has 1 aromatic heterocycles. The average Bonchev–Trinajstić information content (AvgIpc) is 3.17. The smallest absolute Gasteiger partial charge is 0.139 e. The lowest BCUT2D eigenvalue weighted by atomic mass is 9.84. The van der Waals surface area contributed by atoms with E-state index in [0.29, 0.717) is 24.2 Å². The number of nitrogens with zero attached hydrogens (tertiary/aromatic N) is 2. The molecule has 0 aromatic carbocycles. The largest absolute Gasteiger partial charge is 0.299 e. The lowest BCUT2D eigenvalue weighted by Gasteiger charge is -2.20. The second-order valence-corrected chi connectivity index (χ2v) is 7.11. The van der Waals surface area contributed by atoms with Crippen molar-refractivity contribution >= 4 is 5.78 Å². The molecule has 2 bridgehead atoms. The van der Waals surface area contributed by atoms with Crippen molar-refractivity contribution in [2.45, 2.75) is 71.3 Å². The summed E-state index contributed by atoms with van der Waals surface area (Å²) in [6.07, 6.45) is 11.0. The van der Waals surface area contributed by atoms with E-state index in [1.54, 1.807) is 0 Å². The van der Waals surface area contributed by atoms with E-state index >= 15 is 0 Å². The van der Waals surface area contributed by atoms with Crippen molar-refractivity contribution < 1.29 is 4.79 Å². The minimum atomic E-state index is 0.391. The van der Waals surface area contributed by atoms with E-state index in [1.165, 1.54) is 25.7 Å². The summed E-state index contributed by atoms with van der Waals surface area (Å²) < 4.78 is 2.04. The maximum absolute atomic E-state index is 12.3. The average molecular weight is 288 g/mol. The van der Waals surface area contributed by atoms with Crippen molar-refractivity contribution in [2.24, 2.45) is 17.8 Å². The molecule has 3 heteroatoms. The normalized spacial score (nSPS) is 27.7. The Hall–Kier alpha value is -1.12. The van der Waals surface area contributed by atoms with Gasteiger partial charge in [0.25, 0.3) is 0 Å². The Balaban J connectivity index is 1.53. The SMILES string of the molecule is CCC(CC)n1ccc(CC(=O)CC2CC3CCC2C3)n1. The molecule has 21 heavy (non-hydrogen) atoms. The number of rotatable bonds is 7. The van der Waals surface area contributed by atoms with Gasteiger partial charge in [-0.1, -0.05) is 20.3 Å². The molecule has 3 unspecified atom stereocenters. The third-order valence-corrected chi connectivity index (χ3v) is 5.73. The van der Waals surface area contributed by atoms with Crippen molar-refractivity contribution in [2.75, 3.05) is 0 Å². The van der Waals surface area contributed by atoms with E-state index in [4.69, 9.17) is 0 Å². The summed E-state index contributed by atoms with van der Waals surface area (Å²) in [5.74, 6) is 2.85. The van der Waals surface area contributed by atoms with Crippen molar-refractivity contribution in [3.8, 4) is 0 Å². The first-order valence-corrected chi connectivity index (χ1v) is 8.75. The molecule has 2 fully saturated rings. The zero-order chi connectivity index (χ0) is 14.8. The molecule has 3 nitrogen and oxygen atoms in total. The molecule has 0 radical (unpaired) electrons. The van der Waals surface area contributed by atoms with Gasteiger partial charge >= 0.3 is 0 Å². The summed E-state index contributed by atoms with van der Waals surface area (Å²) in [7, 11) is 0. The molecule has 3 rings (SSSR count). The number of fused-ring (bicyclic) bond motifs is 2. The lowest BCUT2D eigenvalue weighted by molar-refractivity contribution is -0.119. The van der Waals surface area contributed by atoms with Gasteiger partial charge in [0, 0.05) is 12.6 Å². The summed E-state index contributed by atoms with van der Waals surface area (Å²) in [4.78, 5) is 12.3. The number of carbonyl (C=O) groups is 1. The van der Waals surface area contributed by atoms with Crippen LogP contribution in [0.25, 0.3) is 0 Å². The van der Waals surface area contributed by atoms with Crippen LogP contribution in [0.15, 0.2) is 12.3 Å². The third-order valence-electron chi connectivity index (χ3n) is 5.73. The second-order valence-electron chi connectivity index (χ2n) is 7.11. The number of Topliss-reactive ketones (excluding diaryl/α,β-unsaturated/α-hetero) is 1. The van der Waals surface area contributed by atoms with Gasteiger partial charge in [-0.3, -0.25) is 9.48 Å². The fourth-order valence-corrected chi connectivity index (χ4v) is 4.53. The zero-order valence-electron chi connectivity index (χ0n) is 13.4. The van der Waals surface area contributed by atoms with E-state index in [9.17, 15) is 4.79 Å². The van der Waals surface area contributed by atoms with Crippen LogP contribution in [0.1, 0.15) is 70.5 Å². The monoisotopic (exact) mass is 288 g/mol. The fourth-order valence-electron chi connectivity index (χ4n) is 4.53. The highest BCUT2D eigenvalue weighted by Crippen LogP contribution is 2.49. The lowest BCUT2D eigenvalue weighted by Crippen LogP contribution is -2.17. The van der Waals surface area contributed by atoms with E-state index < -0.39 is 0 Å². The highest BCUT2D eigenvalue weighted by atomic mass is 16.1. The van der Waals surface area contributed by atoms with E-state index in [0.717, 1.165) is 36.8 Å². The van der Waals surface area contributed by atoms with Gasteiger partial charge < -0.3 is 0 Å². The topological polar surface area (TPSA) is 34.9 Å². The summed E-state index contributed by atoms with van der Waals surface area (Å²) in [5.41, 5.74) is 0.954. The second kappa shape index (κ2) is 6.33. The van der Waals surface area contributed by atoms with Gasteiger partial charge in [0.2, 0.25) is 0 Å². The highest BCUT2D eigenvalue weighted by Gasteiger charge is 2.39. The van der Waals surface area contributed by atoms with Gasteiger partial charge in [-0.25, -0.2) is 0 Å². The molecule has 0 spiro atoms. The van der Waals surface area contributed by atoms with Crippen molar-refractivity contribution in [3.63, 3.8) is 0 Å². The zero-order valence-corrected chi connectivity index (χ0v) is 13.4. The molecule has 2 saturated carbocycles. The molecular formula is C18H28N2O. The summed E-state index contributed by atoms with van der Waals surface area (Å²) in [6, 6.07) is 2.50. The molecule has 0 aliphatic heterocycles. The number of carbonyl (C=O) groups excluding carboxylic acids is 1. The van der Waals surface area contributed by atoms with Crippen molar-refractivity contribution in [1.82, 2.24) is 9.78 Å². The Labute approximate surface area is 128 Å². The molecule has 2 aliphatic carbocycles. The van der Waals surface area contributed by atoms with Crippen LogP contribution in [0.4, 0.5) is 0 Å². The molecule has 0 N–H and O–H groups in total. The minimum absolute atomic E-state index is 0.391. The Morgan fingerprint density at radius 2 is 2.14 bits per heavy atom. The van der Waals surface area contributed by atoms with Gasteiger partial charge in [-0.2, -0.15) is 5.10 Å². The molecule has 1 aromatic rings. The maximum atomic E-state index is 12.3. The fraction of sp³-hybridized carbons (Fsp3) is 0.778. The molecule has 3 atom stereocenters. The Kier molecular flexibility index (Phi) is 4.46. The van der Waals surface area contributed by atoms with Crippen LogP contribution < -0.4 is 0 Å². The molecule has 2 aliphatic rings. The number of hydrogen-bond acceptors (Lipinski definition) is 2. The summed E-state index contributed by atoms with van der Waals surface area (Å²) in [5, 5.41) is 4.61. The minimum Gasteiger partial charge on any atom is -0.299 e. The van der Waals surface area contributed by atoms with E-state index in [-0.39, 0.29) is 0 Å².